The number of hydrogen-bond acceptors (Lipinski definition) is 3. The van der Waals surface area contributed by atoms with Crippen molar-refractivity contribution in [2.24, 2.45) is 0 Å². The fourth-order valence-electron chi connectivity index (χ4n) is 1.26. The van der Waals surface area contributed by atoms with Crippen LogP contribution in [0.1, 0.15) is 12.2 Å². The Morgan fingerprint density at radius 2 is 2.26 bits per heavy atom. The van der Waals surface area contributed by atoms with Gasteiger partial charge in [-0.05, 0) is 12.1 Å². The summed E-state index contributed by atoms with van der Waals surface area (Å²) >= 11 is 0. The summed E-state index contributed by atoms with van der Waals surface area (Å²) < 4.78 is 41.0. The highest BCUT2D eigenvalue weighted by Crippen LogP contribution is 2.20. The molecule has 1 aromatic heterocycles. The van der Waals surface area contributed by atoms with Gasteiger partial charge in [0, 0.05) is 19.7 Å². The van der Waals surface area contributed by atoms with Crippen LogP contribution in [-0.2, 0) is 4.79 Å². The maximum atomic E-state index is 12.0. The first-order valence-electron chi connectivity index (χ1n) is 5.31. The van der Waals surface area contributed by atoms with Gasteiger partial charge >= 0.3 is 6.18 Å². The molecule has 0 aliphatic heterocycles. The fraction of sp³-hybridized carbons (Fsp3) is 0.333. The Labute approximate surface area is 107 Å². The summed E-state index contributed by atoms with van der Waals surface area (Å²) in [7, 11) is 1.21. The third kappa shape index (κ3) is 4.87. The zero-order chi connectivity index (χ0) is 14.5. The molecule has 0 N–H and O–H groups in total. The smallest absolute Gasteiger partial charge is 0.390 e. The maximum absolute atomic E-state index is 12.0. The number of alkyl halides is 3. The molecule has 19 heavy (non-hydrogen) atoms. The lowest BCUT2D eigenvalue weighted by atomic mass is 10.2. The van der Waals surface area contributed by atoms with E-state index in [1.807, 2.05) is 0 Å². The molecule has 0 radical (unpaired) electrons. The molecule has 4 nitrogen and oxygen atoms in total. The summed E-state index contributed by atoms with van der Waals surface area (Å²) in [6.45, 7) is -0.500. The molecular formula is C12H11F3N2O2. The summed E-state index contributed by atoms with van der Waals surface area (Å²) in [5, 5.41) is 8.84. The normalized spacial score (nSPS) is 12.1. The number of carbonyl (C=O) groups is 1. The number of nitrogens with zero attached hydrogens (tertiary/aromatic N) is 2. The first-order chi connectivity index (χ1) is 8.83. The number of halogens is 3. The van der Waals surface area contributed by atoms with Gasteiger partial charge in [0.15, 0.2) is 0 Å². The van der Waals surface area contributed by atoms with E-state index in [0.717, 1.165) is 4.90 Å². The molecule has 0 bridgehead atoms. The molecule has 1 amide bonds. The van der Waals surface area contributed by atoms with Crippen molar-refractivity contribution in [1.82, 2.24) is 4.90 Å². The molecule has 0 fully saturated rings. The van der Waals surface area contributed by atoms with Gasteiger partial charge in [-0.2, -0.15) is 18.4 Å². The minimum absolute atomic E-state index is 0.278. The van der Waals surface area contributed by atoms with Crippen LogP contribution in [-0.4, -0.2) is 30.6 Å². The monoisotopic (exact) mass is 272 g/mol. The van der Waals surface area contributed by atoms with Crippen molar-refractivity contribution in [2.75, 3.05) is 13.6 Å². The molecular weight excluding hydrogens is 261 g/mol. The lowest BCUT2D eigenvalue weighted by Gasteiger charge is -2.17. The van der Waals surface area contributed by atoms with E-state index in [2.05, 4.69) is 0 Å². The van der Waals surface area contributed by atoms with E-state index >= 15 is 0 Å². The van der Waals surface area contributed by atoms with Crippen molar-refractivity contribution in [3.63, 3.8) is 0 Å². The van der Waals surface area contributed by atoms with Crippen LogP contribution in [0, 0.1) is 11.3 Å². The van der Waals surface area contributed by atoms with Gasteiger partial charge in [-0.25, -0.2) is 0 Å². The Kier molecular flexibility index (Phi) is 4.75. The number of hydrogen-bond donors (Lipinski definition) is 0. The van der Waals surface area contributed by atoms with Crippen molar-refractivity contribution in [3.05, 3.63) is 29.7 Å². The number of nitriles is 1. The number of amides is 1. The molecule has 0 aliphatic carbocycles. The Morgan fingerprint density at radius 1 is 1.58 bits per heavy atom. The second-order valence-electron chi connectivity index (χ2n) is 3.78. The van der Waals surface area contributed by atoms with E-state index in [-0.39, 0.29) is 11.3 Å². The maximum Gasteiger partial charge on any atom is 0.390 e. The predicted octanol–water partition coefficient (Wildman–Crippen LogP) is 2.60. The van der Waals surface area contributed by atoms with Crippen LogP contribution < -0.4 is 0 Å². The molecule has 1 rings (SSSR count). The Balaban J connectivity index is 2.72. The van der Waals surface area contributed by atoms with Crippen LogP contribution in [0.5, 0.6) is 0 Å². The van der Waals surface area contributed by atoms with E-state index in [0.29, 0.717) is 0 Å². The number of likely N-dealkylation sites (N-methyl/N-ethyl adjacent to an activating group) is 1. The molecule has 1 aromatic rings. The average Bonchev–Trinajstić information content (AvgIpc) is 2.84. The van der Waals surface area contributed by atoms with Crippen molar-refractivity contribution in [2.45, 2.75) is 12.6 Å². The van der Waals surface area contributed by atoms with Gasteiger partial charge in [0.2, 0.25) is 0 Å². The molecule has 0 atom stereocenters. The topological polar surface area (TPSA) is 57.2 Å². The highest BCUT2D eigenvalue weighted by molar-refractivity contribution is 6.01. The van der Waals surface area contributed by atoms with Crippen LogP contribution in [0.25, 0.3) is 6.08 Å². The molecule has 0 unspecified atom stereocenters. The van der Waals surface area contributed by atoms with E-state index in [1.54, 1.807) is 12.1 Å². The second kappa shape index (κ2) is 6.09. The predicted molar refractivity (Wildman–Crippen MR) is 60.6 cm³/mol. The summed E-state index contributed by atoms with van der Waals surface area (Å²) in [5.74, 6) is -0.489. The lowest BCUT2D eigenvalue weighted by molar-refractivity contribution is -0.142. The Morgan fingerprint density at radius 3 is 2.74 bits per heavy atom. The second-order valence-corrected chi connectivity index (χ2v) is 3.78. The molecule has 0 aliphatic rings. The van der Waals surface area contributed by atoms with Gasteiger partial charge in [-0.1, -0.05) is 0 Å². The quantitative estimate of drug-likeness (QED) is 0.625. The van der Waals surface area contributed by atoms with Crippen LogP contribution in [0.3, 0.4) is 0 Å². The zero-order valence-corrected chi connectivity index (χ0v) is 10.1. The number of furan rings is 1. The van der Waals surface area contributed by atoms with Crippen LogP contribution in [0.4, 0.5) is 13.2 Å². The summed E-state index contributed by atoms with van der Waals surface area (Å²) in [5.41, 5.74) is -0.278. The van der Waals surface area contributed by atoms with Gasteiger partial charge in [0.25, 0.3) is 5.91 Å². The molecule has 0 aromatic carbocycles. The van der Waals surface area contributed by atoms with Crippen LogP contribution >= 0.6 is 0 Å². The van der Waals surface area contributed by atoms with Crippen LogP contribution in [0.2, 0.25) is 0 Å². The number of carbonyl (C=O) groups excluding carboxylic acids is 1. The summed E-state index contributed by atoms with van der Waals surface area (Å²) in [6.07, 6.45) is -2.91. The molecule has 102 valence electrons. The van der Waals surface area contributed by atoms with Crippen molar-refractivity contribution < 1.29 is 22.4 Å². The largest absolute Gasteiger partial charge is 0.465 e. The summed E-state index contributed by atoms with van der Waals surface area (Å²) in [6, 6.07) is 4.74. The first-order valence-corrected chi connectivity index (χ1v) is 5.31. The fourth-order valence-corrected chi connectivity index (χ4v) is 1.26. The average molecular weight is 272 g/mol. The molecule has 1 heterocycles. The highest BCUT2D eigenvalue weighted by Gasteiger charge is 2.28. The van der Waals surface area contributed by atoms with E-state index in [1.165, 1.54) is 25.5 Å². The van der Waals surface area contributed by atoms with Gasteiger partial charge in [-0.15, -0.1) is 0 Å². The standard InChI is InChI=1S/C12H11F3N2O2/c1-17(5-4-12(13,14)15)11(18)9(8-16)7-10-3-2-6-19-10/h2-3,6-7H,4-5H2,1H3. The van der Waals surface area contributed by atoms with Gasteiger partial charge < -0.3 is 9.32 Å². The third-order valence-corrected chi connectivity index (χ3v) is 2.26. The lowest BCUT2D eigenvalue weighted by Crippen LogP contribution is -2.31. The van der Waals surface area contributed by atoms with Gasteiger partial charge in [-0.3, -0.25) is 4.79 Å². The molecule has 7 heteroatoms. The highest BCUT2D eigenvalue weighted by atomic mass is 19.4. The van der Waals surface area contributed by atoms with Gasteiger partial charge in [0.05, 0.1) is 12.7 Å². The van der Waals surface area contributed by atoms with Crippen molar-refractivity contribution in [3.8, 4) is 6.07 Å². The Bertz CT molecular complexity index is 498. The van der Waals surface area contributed by atoms with E-state index in [9.17, 15) is 18.0 Å². The molecule has 0 saturated heterocycles. The summed E-state index contributed by atoms with van der Waals surface area (Å²) in [4.78, 5) is 12.6. The SMILES string of the molecule is CN(CCC(F)(F)F)C(=O)C(C#N)=Cc1ccco1. The van der Waals surface area contributed by atoms with E-state index < -0.39 is 25.0 Å². The zero-order valence-electron chi connectivity index (χ0n) is 10.1. The minimum Gasteiger partial charge on any atom is -0.465 e. The minimum atomic E-state index is -4.34. The molecule has 0 saturated carbocycles. The number of rotatable bonds is 4. The third-order valence-electron chi connectivity index (χ3n) is 2.26. The molecule has 0 spiro atoms. The Hall–Kier alpha value is -2.23. The van der Waals surface area contributed by atoms with Gasteiger partial charge in [0.1, 0.15) is 17.4 Å². The first kappa shape index (κ1) is 14.8. The van der Waals surface area contributed by atoms with Crippen LogP contribution in [0.15, 0.2) is 28.4 Å². The van der Waals surface area contributed by atoms with E-state index in [4.69, 9.17) is 9.68 Å². The van der Waals surface area contributed by atoms with Crippen molar-refractivity contribution >= 4 is 12.0 Å². The van der Waals surface area contributed by atoms with Crippen molar-refractivity contribution in [1.29, 1.82) is 5.26 Å².